The number of nitrogens with zero attached hydrogens (tertiary/aromatic N) is 3. The summed E-state index contributed by atoms with van der Waals surface area (Å²) in [7, 11) is 1.64. The summed E-state index contributed by atoms with van der Waals surface area (Å²) in [5.74, 6) is 1.19. The minimum Gasteiger partial charge on any atom is -0.497 e. The van der Waals surface area contributed by atoms with Crippen molar-refractivity contribution in [3.05, 3.63) is 47.0 Å². The highest BCUT2D eigenvalue weighted by Crippen LogP contribution is 2.36. The summed E-state index contributed by atoms with van der Waals surface area (Å²) >= 11 is 9.42. The molecule has 0 radical (unpaired) electrons. The molecule has 3 aromatic rings. The van der Waals surface area contributed by atoms with Crippen molar-refractivity contribution < 1.29 is 9.53 Å². The Morgan fingerprint density at radius 2 is 1.81 bits per heavy atom. The van der Waals surface area contributed by atoms with E-state index in [-0.39, 0.29) is 18.3 Å². The second-order valence-corrected chi connectivity index (χ2v) is 9.51. The SMILES string of the molecule is CCN(CC)CCN(C(=O)CSc1ccc(OC)cc1)c1nc2c(C)ccc(Cl)c2s1.Cl. The molecule has 0 fully saturated rings. The van der Waals surface area contributed by atoms with Crippen LogP contribution in [-0.4, -0.2) is 54.8 Å². The zero-order valence-corrected chi connectivity index (χ0v) is 22.0. The van der Waals surface area contributed by atoms with E-state index < -0.39 is 0 Å². The zero-order chi connectivity index (χ0) is 22.4. The van der Waals surface area contributed by atoms with Gasteiger partial charge in [-0.15, -0.1) is 24.2 Å². The first-order chi connectivity index (χ1) is 15.0. The van der Waals surface area contributed by atoms with Crippen molar-refractivity contribution in [2.24, 2.45) is 0 Å². The third kappa shape index (κ3) is 6.51. The van der Waals surface area contributed by atoms with Crippen LogP contribution in [0.25, 0.3) is 10.2 Å². The largest absolute Gasteiger partial charge is 0.497 e. The lowest BCUT2D eigenvalue weighted by Gasteiger charge is -2.24. The van der Waals surface area contributed by atoms with Gasteiger partial charge in [-0.05, 0) is 55.9 Å². The van der Waals surface area contributed by atoms with E-state index in [1.54, 1.807) is 7.11 Å². The molecule has 0 unspecified atom stereocenters. The number of likely N-dealkylation sites (N-methyl/N-ethyl adjacent to an activating group) is 1. The van der Waals surface area contributed by atoms with Crippen LogP contribution in [0.4, 0.5) is 5.13 Å². The molecule has 9 heteroatoms. The number of amides is 1. The van der Waals surface area contributed by atoms with Gasteiger partial charge in [-0.1, -0.05) is 42.9 Å². The quantitative estimate of drug-likeness (QED) is 0.304. The Bertz CT molecular complexity index is 985. The van der Waals surface area contributed by atoms with Crippen molar-refractivity contribution in [2.75, 3.05) is 43.9 Å². The number of aryl methyl sites for hydroxylation is 1. The molecule has 174 valence electrons. The maximum absolute atomic E-state index is 13.3. The number of benzene rings is 2. The van der Waals surface area contributed by atoms with Crippen LogP contribution in [0.5, 0.6) is 5.75 Å². The topological polar surface area (TPSA) is 45.7 Å². The molecule has 0 atom stereocenters. The van der Waals surface area contributed by atoms with Crippen molar-refractivity contribution in [2.45, 2.75) is 25.7 Å². The van der Waals surface area contributed by atoms with E-state index in [0.29, 0.717) is 22.5 Å². The van der Waals surface area contributed by atoms with Gasteiger partial charge in [0.05, 0.1) is 28.1 Å². The van der Waals surface area contributed by atoms with Gasteiger partial charge in [-0.25, -0.2) is 4.98 Å². The van der Waals surface area contributed by atoms with Gasteiger partial charge in [-0.3, -0.25) is 9.69 Å². The van der Waals surface area contributed by atoms with Crippen molar-refractivity contribution in [1.82, 2.24) is 9.88 Å². The number of hydrogen-bond acceptors (Lipinski definition) is 6. The number of rotatable bonds is 10. The van der Waals surface area contributed by atoms with Gasteiger partial charge in [0.1, 0.15) is 5.75 Å². The molecular formula is C23H29Cl2N3O2S2. The summed E-state index contributed by atoms with van der Waals surface area (Å²) in [4.78, 5) is 23.2. The molecule has 5 nitrogen and oxygen atoms in total. The Hall–Kier alpha value is -1.51. The monoisotopic (exact) mass is 513 g/mol. The molecular weight excluding hydrogens is 485 g/mol. The Morgan fingerprint density at radius 3 is 2.41 bits per heavy atom. The summed E-state index contributed by atoms with van der Waals surface area (Å²) in [5, 5.41) is 1.38. The van der Waals surface area contributed by atoms with E-state index in [9.17, 15) is 4.79 Å². The Labute approximate surface area is 209 Å². The van der Waals surface area contributed by atoms with Crippen LogP contribution < -0.4 is 9.64 Å². The van der Waals surface area contributed by atoms with Crippen LogP contribution in [0.2, 0.25) is 5.02 Å². The molecule has 0 aliphatic rings. The minimum absolute atomic E-state index is 0. The van der Waals surface area contributed by atoms with Gasteiger partial charge in [0, 0.05) is 18.0 Å². The van der Waals surface area contributed by atoms with E-state index in [4.69, 9.17) is 21.3 Å². The second-order valence-electron chi connectivity index (χ2n) is 7.07. The van der Waals surface area contributed by atoms with Crippen LogP contribution in [0.3, 0.4) is 0 Å². The second kappa shape index (κ2) is 12.7. The number of anilines is 1. The summed E-state index contributed by atoms with van der Waals surface area (Å²) in [6, 6.07) is 11.6. The smallest absolute Gasteiger partial charge is 0.239 e. The average Bonchev–Trinajstić information content (AvgIpc) is 3.24. The highest BCUT2D eigenvalue weighted by atomic mass is 35.5. The molecule has 0 aliphatic heterocycles. The fourth-order valence-corrected chi connectivity index (χ4v) is 5.34. The van der Waals surface area contributed by atoms with Crippen molar-refractivity contribution in [1.29, 1.82) is 0 Å². The lowest BCUT2D eigenvalue weighted by atomic mass is 10.2. The Morgan fingerprint density at radius 1 is 1.12 bits per heavy atom. The highest BCUT2D eigenvalue weighted by molar-refractivity contribution is 8.00. The van der Waals surface area contributed by atoms with Gasteiger partial charge in [0.2, 0.25) is 5.91 Å². The zero-order valence-electron chi connectivity index (χ0n) is 18.8. The molecule has 0 aliphatic carbocycles. The summed E-state index contributed by atoms with van der Waals surface area (Å²) < 4.78 is 6.14. The number of carbonyl (C=O) groups excluding carboxylic acids is 1. The Kier molecular flexibility index (Phi) is 10.6. The maximum Gasteiger partial charge on any atom is 0.239 e. The standard InChI is InChI=1S/C23H28ClN3O2S2.ClH/c1-5-26(6-2)13-14-27(20(28)15-30-18-10-8-17(29-4)9-11-18)23-25-21-16(3)7-12-19(24)22(21)31-23;/h7-12H,5-6,13-15H2,1-4H3;1H. The predicted molar refractivity (Wildman–Crippen MR) is 140 cm³/mol. The van der Waals surface area contributed by atoms with E-state index in [0.717, 1.165) is 46.1 Å². The molecule has 1 heterocycles. The van der Waals surface area contributed by atoms with E-state index in [2.05, 4.69) is 18.7 Å². The molecule has 1 aromatic heterocycles. The lowest BCUT2D eigenvalue weighted by molar-refractivity contribution is -0.116. The minimum atomic E-state index is 0. The average molecular weight is 515 g/mol. The third-order valence-corrected chi connectivity index (χ3v) is 7.71. The van der Waals surface area contributed by atoms with Gasteiger partial charge >= 0.3 is 0 Å². The summed E-state index contributed by atoms with van der Waals surface area (Å²) in [6.45, 7) is 9.58. The van der Waals surface area contributed by atoms with Crippen LogP contribution in [-0.2, 0) is 4.79 Å². The van der Waals surface area contributed by atoms with Crippen LogP contribution in [0, 0.1) is 6.92 Å². The number of hydrogen-bond donors (Lipinski definition) is 0. The molecule has 0 spiro atoms. The van der Waals surface area contributed by atoms with Crippen LogP contribution in [0.15, 0.2) is 41.3 Å². The number of ether oxygens (including phenoxy) is 1. The number of halogens is 2. The van der Waals surface area contributed by atoms with E-state index in [1.165, 1.54) is 23.1 Å². The van der Waals surface area contributed by atoms with Crippen molar-refractivity contribution in [3.8, 4) is 5.75 Å². The van der Waals surface area contributed by atoms with Gasteiger partial charge in [0.25, 0.3) is 0 Å². The fourth-order valence-electron chi connectivity index (χ4n) is 3.21. The molecule has 32 heavy (non-hydrogen) atoms. The van der Waals surface area contributed by atoms with Gasteiger partial charge in [0.15, 0.2) is 5.13 Å². The van der Waals surface area contributed by atoms with Crippen molar-refractivity contribution in [3.63, 3.8) is 0 Å². The number of carbonyl (C=O) groups is 1. The summed E-state index contributed by atoms with van der Waals surface area (Å²) in [5.41, 5.74) is 1.93. The number of thiazole rings is 1. The molecule has 0 bridgehead atoms. The molecule has 3 rings (SSSR count). The predicted octanol–water partition coefficient (Wildman–Crippen LogP) is 6.16. The number of thioether (sulfide) groups is 1. The third-order valence-electron chi connectivity index (χ3n) is 5.17. The molecule has 0 N–H and O–H groups in total. The first-order valence-corrected chi connectivity index (χ1v) is 12.5. The van der Waals surface area contributed by atoms with Gasteiger partial charge in [-0.2, -0.15) is 0 Å². The van der Waals surface area contributed by atoms with Crippen molar-refractivity contribution >= 4 is 68.4 Å². The summed E-state index contributed by atoms with van der Waals surface area (Å²) in [6.07, 6.45) is 0. The number of aromatic nitrogens is 1. The highest BCUT2D eigenvalue weighted by Gasteiger charge is 2.22. The fraction of sp³-hybridized carbons (Fsp3) is 0.391. The number of fused-ring (bicyclic) bond motifs is 1. The Balaban J connectivity index is 0.00000363. The van der Waals surface area contributed by atoms with Gasteiger partial charge < -0.3 is 9.64 Å². The lowest BCUT2D eigenvalue weighted by Crippen LogP contribution is -2.39. The maximum atomic E-state index is 13.3. The molecule has 0 saturated carbocycles. The first kappa shape index (κ1) is 26.7. The first-order valence-electron chi connectivity index (χ1n) is 10.3. The number of methoxy groups -OCH3 is 1. The molecule has 1 amide bonds. The van der Waals surface area contributed by atoms with Crippen LogP contribution in [0.1, 0.15) is 19.4 Å². The van der Waals surface area contributed by atoms with Crippen LogP contribution >= 0.6 is 47.1 Å². The molecule has 0 saturated heterocycles. The van der Waals surface area contributed by atoms with E-state index >= 15 is 0 Å². The molecule has 2 aromatic carbocycles. The normalized spacial score (nSPS) is 10.9. The van der Waals surface area contributed by atoms with E-state index in [1.807, 2.05) is 48.2 Å².